The fourth-order valence-electron chi connectivity index (χ4n) is 1.38. The molecule has 0 aliphatic heterocycles. The number of ether oxygens (including phenoxy) is 2. The van der Waals surface area contributed by atoms with Crippen molar-refractivity contribution in [2.24, 2.45) is 0 Å². The van der Waals surface area contributed by atoms with E-state index < -0.39 is 17.5 Å². The van der Waals surface area contributed by atoms with Gasteiger partial charge < -0.3 is 14.6 Å². The van der Waals surface area contributed by atoms with Crippen molar-refractivity contribution in [1.29, 1.82) is 0 Å². The van der Waals surface area contributed by atoms with Gasteiger partial charge in [0.25, 0.3) is 0 Å². The van der Waals surface area contributed by atoms with E-state index in [0.29, 0.717) is 0 Å². The van der Waals surface area contributed by atoms with Crippen molar-refractivity contribution in [3.63, 3.8) is 0 Å². The third kappa shape index (κ3) is 2.33. The predicted molar refractivity (Wildman–Crippen MR) is 59.0 cm³/mol. The third-order valence-electron chi connectivity index (χ3n) is 2.69. The van der Waals surface area contributed by atoms with Gasteiger partial charge in [0.2, 0.25) is 0 Å². The van der Waals surface area contributed by atoms with Crippen LogP contribution in [0.2, 0.25) is 0 Å². The topological polar surface area (TPSA) is 38.7 Å². The van der Waals surface area contributed by atoms with Crippen molar-refractivity contribution in [3.8, 4) is 5.75 Å². The van der Waals surface area contributed by atoms with Gasteiger partial charge in [-0.2, -0.15) is 0 Å². The normalized spacial score (nSPS) is 13.6. The van der Waals surface area contributed by atoms with E-state index in [4.69, 9.17) is 9.47 Å². The maximum atomic E-state index is 13.8. The molecule has 0 radical (unpaired) electrons. The number of methoxy groups -OCH3 is 2. The summed E-state index contributed by atoms with van der Waals surface area (Å²) in [5, 5.41) is 10.0. The number of benzene rings is 1. The first-order chi connectivity index (χ1) is 7.44. The SMILES string of the molecule is COc1cccc(C(O)C(C)(C)OC)c1F. The van der Waals surface area contributed by atoms with Crippen LogP contribution >= 0.6 is 0 Å². The molecular weight excluding hydrogens is 211 g/mol. The Morgan fingerprint density at radius 3 is 2.44 bits per heavy atom. The van der Waals surface area contributed by atoms with E-state index in [0.717, 1.165) is 0 Å². The van der Waals surface area contributed by atoms with Crippen molar-refractivity contribution < 1.29 is 19.0 Å². The molecular formula is C12H17FO3. The summed E-state index contributed by atoms with van der Waals surface area (Å²) in [6.45, 7) is 3.38. The number of hydrogen-bond acceptors (Lipinski definition) is 3. The molecule has 0 heterocycles. The van der Waals surface area contributed by atoms with E-state index in [9.17, 15) is 9.50 Å². The number of aliphatic hydroxyl groups is 1. The van der Waals surface area contributed by atoms with Crippen LogP contribution in [0.5, 0.6) is 5.75 Å². The molecule has 0 aliphatic carbocycles. The summed E-state index contributed by atoms with van der Waals surface area (Å²) >= 11 is 0. The van der Waals surface area contributed by atoms with Crippen molar-refractivity contribution in [2.45, 2.75) is 25.6 Å². The van der Waals surface area contributed by atoms with Gasteiger partial charge in [-0.25, -0.2) is 4.39 Å². The minimum absolute atomic E-state index is 0.114. The van der Waals surface area contributed by atoms with E-state index >= 15 is 0 Å². The zero-order valence-corrected chi connectivity index (χ0v) is 9.95. The zero-order chi connectivity index (χ0) is 12.3. The molecule has 0 amide bonds. The Morgan fingerprint density at radius 2 is 1.94 bits per heavy atom. The first-order valence-corrected chi connectivity index (χ1v) is 4.99. The lowest BCUT2D eigenvalue weighted by Gasteiger charge is -2.29. The largest absolute Gasteiger partial charge is 0.494 e. The summed E-state index contributed by atoms with van der Waals surface area (Å²) in [5.74, 6) is -0.439. The highest BCUT2D eigenvalue weighted by molar-refractivity contribution is 5.33. The van der Waals surface area contributed by atoms with Gasteiger partial charge >= 0.3 is 0 Å². The van der Waals surface area contributed by atoms with Gasteiger partial charge in [0.15, 0.2) is 11.6 Å². The smallest absolute Gasteiger partial charge is 0.170 e. The minimum Gasteiger partial charge on any atom is -0.494 e. The Labute approximate surface area is 94.8 Å². The van der Waals surface area contributed by atoms with Gasteiger partial charge in [-0.15, -0.1) is 0 Å². The second-order valence-corrected chi connectivity index (χ2v) is 4.07. The number of aliphatic hydroxyl groups excluding tert-OH is 1. The fraction of sp³-hybridized carbons (Fsp3) is 0.500. The average molecular weight is 228 g/mol. The average Bonchev–Trinajstić information content (AvgIpc) is 2.28. The number of halogens is 1. The Kier molecular flexibility index (Phi) is 3.88. The van der Waals surface area contributed by atoms with Crippen molar-refractivity contribution in [3.05, 3.63) is 29.6 Å². The molecule has 4 heteroatoms. The lowest BCUT2D eigenvalue weighted by Crippen LogP contribution is -2.32. The van der Waals surface area contributed by atoms with E-state index in [1.165, 1.54) is 26.4 Å². The summed E-state index contributed by atoms with van der Waals surface area (Å²) in [7, 11) is 2.86. The van der Waals surface area contributed by atoms with Gasteiger partial charge in [0.05, 0.1) is 12.7 Å². The predicted octanol–water partition coefficient (Wildman–Crippen LogP) is 2.29. The molecule has 0 aliphatic rings. The molecule has 3 nitrogen and oxygen atoms in total. The fourth-order valence-corrected chi connectivity index (χ4v) is 1.38. The standard InChI is InChI=1S/C12H17FO3/c1-12(2,16-4)11(14)8-6-5-7-9(15-3)10(8)13/h5-7,11,14H,1-4H3. The molecule has 16 heavy (non-hydrogen) atoms. The molecule has 1 rings (SSSR count). The number of rotatable bonds is 4. The van der Waals surface area contributed by atoms with Crippen LogP contribution < -0.4 is 4.74 Å². The summed E-state index contributed by atoms with van der Waals surface area (Å²) in [5.41, 5.74) is -0.682. The highest BCUT2D eigenvalue weighted by atomic mass is 19.1. The van der Waals surface area contributed by atoms with Crippen LogP contribution in [-0.2, 0) is 4.74 Å². The van der Waals surface area contributed by atoms with Crippen molar-refractivity contribution in [2.75, 3.05) is 14.2 Å². The Hall–Kier alpha value is -1.13. The van der Waals surface area contributed by atoms with Crippen molar-refractivity contribution in [1.82, 2.24) is 0 Å². The van der Waals surface area contributed by atoms with Crippen LogP contribution in [0.25, 0.3) is 0 Å². The molecule has 0 saturated carbocycles. The Bertz CT molecular complexity index is 363. The maximum Gasteiger partial charge on any atom is 0.170 e. The maximum absolute atomic E-state index is 13.8. The van der Waals surface area contributed by atoms with Gasteiger partial charge in [0.1, 0.15) is 6.10 Å². The molecule has 0 saturated heterocycles. The molecule has 0 spiro atoms. The highest BCUT2D eigenvalue weighted by Crippen LogP contribution is 2.32. The Morgan fingerprint density at radius 1 is 1.31 bits per heavy atom. The summed E-state index contributed by atoms with van der Waals surface area (Å²) in [6.07, 6.45) is -1.05. The Balaban J connectivity index is 3.14. The molecule has 90 valence electrons. The van der Waals surface area contributed by atoms with Crippen LogP contribution in [0.3, 0.4) is 0 Å². The molecule has 1 atom stereocenters. The molecule has 0 aromatic heterocycles. The van der Waals surface area contributed by atoms with Crippen LogP contribution in [0.4, 0.5) is 4.39 Å². The first kappa shape index (κ1) is 12.9. The quantitative estimate of drug-likeness (QED) is 0.859. The summed E-state index contributed by atoms with van der Waals surface area (Å²) in [6, 6.07) is 4.65. The monoisotopic (exact) mass is 228 g/mol. The van der Waals surface area contributed by atoms with Crippen LogP contribution in [0, 0.1) is 5.82 Å². The lowest BCUT2D eigenvalue weighted by atomic mass is 9.94. The molecule has 1 N–H and O–H groups in total. The van der Waals surface area contributed by atoms with Gasteiger partial charge in [-0.05, 0) is 19.9 Å². The summed E-state index contributed by atoms with van der Waals surface area (Å²) < 4.78 is 23.8. The van der Waals surface area contributed by atoms with Crippen LogP contribution in [0.1, 0.15) is 25.5 Å². The second-order valence-electron chi connectivity index (χ2n) is 4.07. The van der Waals surface area contributed by atoms with Crippen LogP contribution in [0.15, 0.2) is 18.2 Å². The highest BCUT2D eigenvalue weighted by Gasteiger charge is 2.31. The van der Waals surface area contributed by atoms with Crippen LogP contribution in [-0.4, -0.2) is 24.9 Å². The van der Waals surface area contributed by atoms with Gasteiger partial charge in [-0.3, -0.25) is 0 Å². The van der Waals surface area contributed by atoms with Gasteiger partial charge in [0, 0.05) is 12.7 Å². The summed E-state index contributed by atoms with van der Waals surface area (Å²) in [4.78, 5) is 0. The molecule has 1 aromatic rings. The minimum atomic E-state index is -1.05. The van der Waals surface area contributed by atoms with E-state index in [1.54, 1.807) is 19.9 Å². The third-order valence-corrected chi connectivity index (χ3v) is 2.69. The van der Waals surface area contributed by atoms with E-state index in [-0.39, 0.29) is 11.3 Å². The molecule has 0 bridgehead atoms. The van der Waals surface area contributed by atoms with Gasteiger partial charge in [-0.1, -0.05) is 12.1 Å². The molecule has 1 unspecified atom stereocenters. The lowest BCUT2D eigenvalue weighted by molar-refractivity contribution is -0.0806. The zero-order valence-electron chi connectivity index (χ0n) is 9.95. The van der Waals surface area contributed by atoms with E-state index in [2.05, 4.69) is 0 Å². The second kappa shape index (κ2) is 4.80. The molecule has 0 fully saturated rings. The molecule has 1 aromatic carbocycles. The van der Waals surface area contributed by atoms with E-state index in [1.807, 2.05) is 0 Å². The van der Waals surface area contributed by atoms with Crippen molar-refractivity contribution >= 4 is 0 Å². The number of hydrogen-bond donors (Lipinski definition) is 1. The first-order valence-electron chi connectivity index (χ1n) is 4.99.